The number of hydrogen-bond acceptors (Lipinski definition) is 3. The third kappa shape index (κ3) is 3.42. The Hall–Kier alpha value is -2.33. The molecule has 2 aliphatic carbocycles. The van der Waals surface area contributed by atoms with Crippen molar-refractivity contribution in [2.24, 2.45) is 5.92 Å². The lowest BCUT2D eigenvalue weighted by molar-refractivity contribution is -0.142. The van der Waals surface area contributed by atoms with Gasteiger partial charge in [0.25, 0.3) is 0 Å². The van der Waals surface area contributed by atoms with Crippen molar-refractivity contribution < 1.29 is 9.90 Å². The van der Waals surface area contributed by atoms with Gasteiger partial charge in [-0.15, -0.1) is 11.8 Å². The van der Waals surface area contributed by atoms with Crippen molar-refractivity contribution in [1.82, 2.24) is 4.98 Å². The van der Waals surface area contributed by atoms with Gasteiger partial charge < -0.3 is 5.11 Å². The maximum Gasteiger partial charge on any atom is 0.306 e. The quantitative estimate of drug-likeness (QED) is 0.578. The molecule has 0 amide bonds. The van der Waals surface area contributed by atoms with Crippen LogP contribution in [0.1, 0.15) is 47.6 Å². The smallest absolute Gasteiger partial charge is 0.306 e. The van der Waals surface area contributed by atoms with Gasteiger partial charge >= 0.3 is 5.97 Å². The molecule has 1 heterocycles. The average Bonchev–Trinajstić information content (AvgIpc) is 3.56. The zero-order valence-electron chi connectivity index (χ0n) is 15.7. The molecule has 1 unspecified atom stereocenters. The molecular formula is C24H23NO2S. The number of carbonyl (C=O) groups is 1. The Labute approximate surface area is 169 Å². The molecule has 0 saturated heterocycles. The molecule has 0 bridgehead atoms. The highest BCUT2D eigenvalue weighted by atomic mass is 32.2. The van der Waals surface area contributed by atoms with Crippen LogP contribution < -0.4 is 0 Å². The Morgan fingerprint density at radius 3 is 2.71 bits per heavy atom. The van der Waals surface area contributed by atoms with Crippen molar-refractivity contribution in [3.05, 3.63) is 71.0 Å². The first-order valence-corrected chi connectivity index (χ1v) is 11.0. The summed E-state index contributed by atoms with van der Waals surface area (Å²) in [5.74, 6) is 0.612. The van der Waals surface area contributed by atoms with E-state index in [-0.39, 0.29) is 5.92 Å². The number of hydrogen-bond donors (Lipinski definition) is 1. The van der Waals surface area contributed by atoms with E-state index >= 15 is 0 Å². The summed E-state index contributed by atoms with van der Waals surface area (Å²) >= 11 is 1.89. The van der Waals surface area contributed by atoms with E-state index < -0.39 is 5.97 Å². The van der Waals surface area contributed by atoms with Crippen molar-refractivity contribution in [2.45, 2.75) is 48.7 Å². The SMILES string of the molecule is O=C(O)C1CCc2c(cc3cnc(C4CC4)cc3c2SCc2ccccc2)C1. The molecule has 5 rings (SSSR count). The molecule has 3 nitrogen and oxygen atoms in total. The fourth-order valence-electron chi connectivity index (χ4n) is 4.23. The van der Waals surface area contributed by atoms with Crippen molar-refractivity contribution in [3.8, 4) is 0 Å². The summed E-state index contributed by atoms with van der Waals surface area (Å²) in [6.45, 7) is 0. The number of carboxylic acids is 1. The molecular weight excluding hydrogens is 366 g/mol. The van der Waals surface area contributed by atoms with Crippen LogP contribution in [0, 0.1) is 5.92 Å². The Balaban J connectivity index is 1.58. The number of pyridine rings is 1. The van der Waals surface area contributed by atoms with E-state index in [2.05, 4.69) is 36.4 Å². The summed E-state index contributed by atoms with van der Waals surface area (Å²) in [4.78, 5) is 17.6. The lowest BCUT2D eigenvalue weighted by Crippen LogP contribution is -2.22. The summed E-state index contributed by atoms with van der Waals surface area (Å²) in [5, 5.41) is 11.9. The van der Waals surface area contributed by atoms with E-state index in [9.17, 15) is 9.90 Å². The molecule has 1 saturated carbocycles. The first kappa shape index (κ1) is 17.7. The van der Waals surface area contributed by atoms with Crippen LogP contribution in [0.5, 0.6) is 0 Å². The second kappa shape index (κ2) is 7.25. The molecule has 0 spiro atoms. The molecule has 1 aromatic heterocycles. The van der Waals surface area contributed by atoms with Gasteiger partial charge in [-0.05, 0) is 66.3 Å². The van der Waals surface area contributed by atoms with Crippen LogP contribution in [0.4, 0.5) is 0 Å². The number of benzene rings is 2. The Morgan fingerprint density at radius 2 is 1.96 bits per heavy atom. The van der Waals surface area contributed by atoms with Gasteiger partial charge in [0.1, 0.15) is 0 Å². The van der Waals surface area contributed by atoms with Crippen LogP contribution in [-0.2, 0) is 23.4 Å². The maximum absolute atomic E-state index is 11.5. The molecule has 142 valence electrons. The Bertz CT molecular complexity index is 1040. The third-order valence-electron chi connectivity index (χ3n) is 5.97. The molecule has 3 aromatic rings. The molecule has 4 heteroatoms. The summed E-state index contributed by atoms with van der Waals surface area (Å²) in [6.07, 6.45) is 6.70. The van der Waals surface area contributed by atoms with Gasteiger partial charge in [0.05, 0.1) is 5.92 Å². The van der Waals surface area contributed by atoms with Gasteiger partial charge in [-0.3, -0.25) is 9.78 Å². The zero-order valence-corrected chi connectivity index (χ0v) is 16.5. The molecule has 28 heavy (non-hydrogen) atoms. The van der Waals surface area contributed by atoms with E-state index in [1.807, 2.05) is 24.0 Å². The van der Waals surface area contributed by atoms with Crippen LogP contribution in [-0.4, -0.2) is 16.1 Å². The van der Waals surface area contributed by atoms with Gasteiger partial charge in [-0.1, -0.05) is 30.3 Å². The minimum atomic E-state index is -0.675. The van der Waals surface area contributed by atoms with Crippen LogP contribution >= 0.6 is 11.8 Å². The largest absolute Gasteiger partial charge is 0.481 e. The van der Waals surface area contributed by atoms with Gasteiger partial charge in [-0.25, -0.2) is 0 Å². The first-order chi connectivity index (χ1) is 13.7. The standard InChI is InChI=1S/C24H23NO2S/c26-24(27)17-8-9-20-18(10-17)11-19-13-25-22(16-6-7-16)12-21(19)23(20)28-14-15-4-2-1-3-5-15/h1-5,11-13,16-17H,6-10,14H2,(H,26,27). The van der Waals surface area contributed by atoms with Gasteiger partial charge in [0, 0.05) is 33.8 Å². The number of thioether (sulfide) groups is 1. The number of carboxylic acid groups (broad SMARTS) is 1. The molecule has 1 atom stereocenters. The monoisotopic (exact) mass is 389 g/mol. The van der Waals surface area contributed by atoms with Gasteiger partial charge in [0.2, 0.25) is 0 Å². The summed E-state index contributed by atoms with van der Waals surface area (Å²) in [5.41, 5.74) is 5.09. The number of fused-ring (bicyclic) bond motifs is 2. The molecule has 0 radical (unpaired) electrons. The Morgan fingerprint density at radius 1 is 1.14 bits per heavy atom. The first-order valence-electron chi connectivity index (χ1n) is 10.0. The Kier molecular flexibility index (Phi) is 4.59. The van der Waals surface area contributed by atoms with Crippen LogP contribution in [0.2, 0.25) is 0 Å². The highest BCUT2D eigenvalue weighted by Gasteiger charge is 2.29. The average molecular weight is 390 g/mol. The van der Waals surface area contributed by atoms with Crippen LogP contribution in [0.3, 0.4) is 0 Å². The highest BCUT2D eigenvalue weighted by molar-refractivity contribution is 7.98. The summed E-state index contributed by atoms with van der Waals surface area (Å²) < 4.78 is 0. The highest BCUT2D eigenvalue weighted by Crippen LogP contribution is 2.43. The molecule has 0 aliphatic heterocycles. The summed E-state index contributed by atoms with van der Waals surface area (Å²) in [7, 11) is 0. The normalized spacial score (nSPS) is 18.8. The molecule has 1 N–H and O–H groups in total. The predicted octanol–water partition coefficient (Wildman–Crippen LogP) is 5.59. The number of nitrogens with zero attached hydrogens (tertiary/aromatic N) is 1. The zero-order chi connectivity index (χ0) is 19.1. The maximum atomic E-state index is 11.5. The minimum absolute atomic E-state index is 0.268. The fourth-order valence-corrected chi connectivity index (χ4v) is 5.47. The summed E-state index contributed by atoms with van der Waals surface area (Å²) in [6, 6.07) is 15.0. The molecule has 2 aliphatic rings. The van der Waals surface area contributed by atoms with Crippen molar-refractivity contribution in [3.63, 3.8) is 0 Å². The minimum Gasteiger partial charge on any atom is -0.481 e. The third-order valence-corrected chi connectivity index (χ3v) is 7.20. The van der Waals surface area contributed by atoms with Gasteiger partial charge in [0.15, 0.2) is 0 Å². The van der Waals surface area contributed by atoms with Crippen LogP contribution in [0.25, 0.3) is 10.8 Å². The van der Waals surface area contributed by atoms with E-state index in [1.165, 1.54) is 45.5 Å². The van der Waals surface area contributed by atoms with Crippen molar-refractivity contribution in [2.75, 3.05) is 0 Å². The number of rotatable bonds is 5. The number of aromatic nitrogens is 1. The molecule has 2 aromatic carbocycles. The fraction of sp³-hybridized carbons (Fsp3) is 0.333. The predicted molar refractivity (Wildman–Crippen MR) is 113 cm³/mol. The van der Waals surface area contributed by atoms with E-state index in [1.54, 1.807) is 0 Å². The number of aliphatic carboxylic acids is 1. The molecule has 1 fully saturated rings. The lowest BCUT2D eigenvalue weighted by atomic mass is 9.82. The lowest BCUT2D eigenvalue weighted by Gasteiger charge is -2.25. The van der Waals surface area contributed by atoms with Crippen molar-refractivity contribution >= 4 is 28.5 Å². The van der Waals surface area contributed by atoms with Gasteiger partial charge in [-0.2, -0.15) is 0 Å². The second-order valence-corrected chi connectivity index (χ2v) is 8.99. The topological polar surface area (TPSA) is 50.2 Å². The second-order valence-electron chi connectivity index (χ2n) is 8.00. The van der Waals surface area contributed by atoms with E-state index in [4.69, 9.17) is 4.98 Å². The van der Waals surface area contributed by atoms with Crippen molar-refractivity contribution in [1.29, 1.82) is 0 Å². The van der Waals surface area contributed by atoms with E-state index in [0.717, 1.165) is 24.0 Å². The van der Waals surface area contributed by atoms with E-state index in [0.29, 0.717) is 12.3 Å². The van der Waals surface area contributed by atoms with Crippen LogP contribution in [0.15, 0.2) is 53.6 Å².